The van der Waals surface area contributed by atoms with Crippen LogP contribution in [0.5, 0.6) is 0 Å². The minimum absolute atomic E-state index is 0.129. The van der Waals surface area contributed by atoms with Crippen LogP contribution in [-0.4, -0.2) is 36.2 Å². The van der Waals surface area contributed by atoms with Crippen LogP contribution < -0.4 is 0 Å². The number of hydrogen-bond donors (Lipinski definition) is 1. The zero-order valence-corrected chi connectivity index (χ0v) is 10.3. The summed E-state index contributed by atoms with van der Waals surface area (Å²) in [7, 11) is 2.19. The molecule has 2 nitrogen and oxygen atoms in total. The second-order valence-corrected chi connectivity index (χ2v) is 4.83. The average Bonchev–Trinajstić information content (AvgIpc) is 2.08. The van der Waals surface area contributed by atoms with Crippen molar-refractivity contribution in [3.63, 3.8) is 0 Å². The van der Waals surface area contributed by atoms with Crippen LogP contribution in [0.15, 0.2) is 0 Å². The second kappa shape index (κ2) is 8.25. The van der Waals surface area contributed by atoms with Crippen LogP contribution in [0.2, 0.25) is 0 Å². The number of unbranched alkanes of at least 4 members (excludes halogenated alkanes) is 1. The predicted molar refractivity (Wildman–Crippen MR) is 62.5 cm³/mol. The molecule has 2 heteroatoms. The van der Waals surface area contributed by atoms with E-state index in [9.17, 15) is 0 Å². The minimum atomic E-state index is -0.129. The van der Waals surface area contributed by atoms with Crippen molar-refractivity contribution >= 4 is 0 Å². The van der Waals surface area contributed by atoms with Gasteiger partial charge < -0.3 is 10.0 Å². The third-order valence-corrected chi connectivity index (χ3v) is 2.50. The van der Waals surface area contributed by atoms with Gasteiger partial charge in [-0.25, -0.2) is 0 Å². The van der Waals surface area contributed by atoms with Gasteiger partial charge >= 0.3 is 0 Å². The lowest BCUT2D eigenvalue weighted by Gasteiger charge is -2.17. The highest BCUT2D eigenvalue weighted by Gasteiger charge is 2.01. The smallest absolute Gasteiger partial charge is 0.0512 e. The maximum atomic E-state index is 9.08. The third kappa shape index (κ3) is 10.0. The number of aliphatic hydroxyl groups excluding tert-OH is 1. The summed E-state index contributed by atoms with van der Waals surface area (Å²) in [6.07, 6.45) is 4.45. The first-order valence-electron chi connectivity index (χ1n) is 5.89. The first-order chi connectivity index (χ1) is 6.52. The maximum absolute atomic E-state index is 9.08. The van der Waals surface area contributed by atoms with E-state index in [1.807, 2.05) is 6.92 Å². The molecule has 1 atom stereocenters. The molecule has 0 rings (SSSR count). The number of hydrogen-bond acceptors (Lipinski definition) is 2. The minimum Gasteiger partial charge on any atom is -0.393 e. The highest BCUT2D eigenvalue weighted by molar-refractivity contribution is 4.55. The van der Waals surface area contributed by atoms with Gasteiger partial charge in [0.15, 0.2) is 0 Å². The average molecular weight is 201 g/mol. The van der Waals surface area contributed by atoms with E-state index in [0.717, 1.165) is 18.8 Å². The molecule has 0 amide bonds. The first kappa shape index (κ1) is 13.9. The highest BCUT2D eigenvalue weighted by atomic mass is 16.3. The molecule has 0 radical (unpaired) electrons. The fourth-order valence-corrected chi connectivity index (χ4v) is 1.41. The van der Waals surface area contributed by atoms with E-state index in [-0.39, 0.29) is 6.10 Å². The number of rotatable bonds is 8. The largest absolute Gasteiger partial charge is 0.393 e. The molecular formula is C12H27NO. The van der Waals surface area contributed by atoms with E-state index in [1.54, 1.807) is 0 Å². The molecule has 0 fully saturated rings. The SMILES string of the molecule is CC(C)CCN(C)CCCCC(C)O. The molecule has 0 aliphatic rings. The van der Waals surface area contributed by atoms with Gasteiger partial charge in [-0.1, -0.05) is 13.8 Å². The first-order valence-corrected chi connectivity index (χ1v) is 5.89. The molecule has 0 heterocycles. The maximum Gasteiger partial charge on any atom is 0.0512 e. The Morgan fingerprint density at radius 3 is 2.14 bits per heavy atom. The Kier molecular flexibility index (Phi) is 8.20. The van der Waals surface area contributed by atoms with Gasteiger partial charge in [-0.15, -0.1) is 0 Å². The van der Waals surface area contributed by atoms with Crippen molar-refractivity contribution in [2.45, 2.75) is 52.6 Å². The predicted octanol–water partition coefficient (Wildman–Crippen LogP) is 2.52. The molecule has 0 aromatic carbocycles. The molecule has 0 saturated carbocycles. The zero-order valence-electron chi connectivity index (χ0n) is 10.3. The Hall–Kier alpha value is -0.0800. The zero-order chi connectivity index (χ0) is 11.0. The molecule has 0 aromatic heterocycles. The number of aliphatic hydroxyl groups is 1. The van der Waals surface area contributed by atoms with Crippen molar-refractivity contribution in [2.75, 3.05) is 20.1 Å². The van der Waals surface area contributed by atoms with E-state index in [1.165, 1.54) is 25.9 Å². The van der Waals surface area contributed by atoms with Crippen LogP contribution in [0.25, 0.3) is 0 Å². The van der Waals surface area contributed by atoms with Crippen molar-refractivity contribution in [3.8, 4) is 0 Å². The lowest BCUT2D eigenvalue weighted by Crippen LogP contribution is -2.22. The Morgan fingerprint density at radius 2 is 1.64 bits per heavy atom. The monoisotopic (exact) mass is 201 g/mol. The summed E-state index contributed by atoms with van der Waals surface area (Å²) in [5.74, 6) is 0.801. The molecule has 0 aromatic rings. The molecular weight excluding hydrogens is 174 g/mol. The molecule has 0 aliphatic heterocycles. The summed E-state index contributed by atoms with van der Waals surface area (Å²) >= 11 is 0. The molecule has 0 spiro atoms. The third-order valence-electron chi connectivity index (χ3n) is 2.50. The topological polar surface area (TPSA) is 23.5 Å². The van der Waals surface area contributed by atoms with Crippen LogP contribution in [0, 0.1) is 5.92 Å². The molecule has 1 unspecified atom stereocenters. The van der Waals surface area contributed by atoms with Gasteiger partial charge in [-0.2, -0.15) is 0 Å². The molecule has 14 heavy (non-hydrogen) atoms. The molecule has 0 saturated heterocycles. The van der Waals surface area contributed by atoms with Crippen LogP contribution in [0.3, 0.4) is 0 Å². The van der Waals surface area contributed by atoms with Crippen molar-refractivity contribution < 1.29 is 5.11 Å². The van der Waals surface area contributed by atoms with Crippen molar-refractivity contribution in [1.82, 2.24) is 4.90 Å². The second-order valence-electron chi connectivity index (χ2n) is 4.83. The summed E-state index contributed by atoms with van der Waals surface area (Å²) in [4.78, 5) is 2.39. The van der Waals surface area contributed by atoms with Gasteiger partial charge in [-0.3, -0.25) is 0 Å². The van der Waals surface area contributed by atoms with Gasteiger partial charge in [0, 0.05) is 0 Å². The Morgan fingerprint density at radius 1 is 1.00 bits per heavy atom. The van der Waals surface area contributed by atoms with Crippen molar-refractivity contribution in [3.05, 3.63) is 0 Å². The summed E-state index contributed by atoms with van der Waals surface area (Å²) in [6, 6.07) is 0. The Labute approximate surface area is 89.3 Å². The normalized spacial score (nSPS) is 13.9. The summed E-state index contributed by atoms with van der Waals surface area (Å²) in [5, 5.41) is 9.08. The molecule has 0 aliphatic carbocycles. The van der Waals surface area contributed by atoms with E-state index >= 15 is 0 Å². The van der Waals surface area contributed by atoms with E-state index in [4.69, 9.17) is 5.11 Å². The van der Waals surface area contributed by atoms with E-state index in [0.29, 0.717) is 0 Å². The van der Waals surface area contributed by atoms with Crippen LogP contribution in [0.4, 0.5) is 0 Å². The summed E-state index contributed by atoms with van der Waals surface area (Å²) < 4.78 is 0. The van der Waals surface area contributed by atoms with Crippen LogP contribution in [0.1, 0.15) is 46.5 Å². The van der Waals surface area contributed by atoms with Gasteiger partial charge in [0.1, 0.15) is 0 Å². The quantitative estimate of drug-likeness (QED) is 0.610. The lowest BCUT2D eigenvalue weighted by atomic mass is 10.1. The van der Waals surface area contributed by atoms with E-state index < -0.39 is 0 Å². The molecule has 0 bridgehead atoms. The standard InChI is InChI=1S/C12H27NO/c1-11(2)8-10-13(4)9-6-5-7-12(3)14/h11-12,14H,5-10H2,1-4H3. The highest BCUT2D eigenvalue weighted by Crippen LogP contribution is 2.04. The molecule has 86 valence electrons. The summed E-state index contributed by atoms with van der Waals surface area (Å²) in [6.45, 7) is 8.76. The fourth-order valence-electron chi connectivity index (χ4n) is 1.41. The van der Waals surface area contributed by atoms with Crippen LogP contribution >= 0.6 is 0 Å². The molecule has 1 N–H and O–H groups in total. The lowest BCUT2D eigenvalue weighted by molar-refractivity contribution is 0.178. The van der Waals surface area contributed by atoms with Crippen molar-refractivity contribution in [1.29, 1.82) is 0 Å². The summed E-state index contributed by atoms with van der Waals surface area (Å²) in [5.41, 5.74) is 0. The van der Waals surface area contributed by atoms with Gasteiger partial charge in [-0.05, 0) is 58.7 Å². The fraction of sp³-hybridized carbons (Fsp3) is 1.00. The van der Waals surface area contributed by atoms with Gasteiger partial charge in [0.2, 0.25) is 0 Å². The van der Waals surface area contributed by atoms with E-state index in [2.05, 4.69) is 25.8 Å². The number of nitrogens with zero attached hydrogens (tertiary/aromatic N) is 1. The Balaban J connectivity index is 3.22. The Bertz CT molecular complexity index is 123. The van der Waals surface area contributed by atoms with Crippen molar-refractivity contribution in [2.24, 2.45) is 5.92 Å². The van der Waals surface area contributed by atoms with Crippen LogP contribution in [-0.2, 0) is 0 Å². The van der Waals surface area contributed by atoms with Gasteiger partial charge in [0.25, 0.3) is 0 Å². The van der Waals surface area contributed by atoms with Gasteiger partial charge in [0.05, 0.1) is 6.10 Å².